The second-order valence-corrected chi connectivity index (χ2v) is 7.74. The van der Waals surface area contributed by atoms with Crippen molar-refractivity contribution >= 4 is 19.4 Å². The van der Waals surface area contributed by atoms with Crippen molar-refractivity contribution in [2.45, 2.75) is 30.2 Å². The van der Waals surface area contributed by atoms with E-state index in [0.29, 0.717) is 10.9 Å². The van der Waals surface area contributed by atoms with E-state index in [1.165, 1.54) is 10.8 Å². The molecule has 3 N–H and O–H groups in total. The van der Waals surface area contributed by atoms with Gasteiger partial charge in [0.25, 0.3) is 0 Å². The molecule has 1 aliphatic heterocycles. The number of aromatic amines is 1. The van der Waals surface area contributed by atoms with E-state index in [4.69, 9.17) is 9.84 Å². The fourth-order valence-electron chi connectivity index (χ4n) is 2.57. The molecule has 1 aromatic carbocycles. The summed E-state index contributed by atoms with van der Waals surface area (Å²) in [5, 5.41) is 19.5. The molecule has 2 aromatic rings. The van der Waals surface area contributed by atoms with Gasteiger partial charge in [0.1, 0.15) is 0 Å². The van der Waals surface area contributed by atoms with Gasteiger partial charge in [-0.05, 0) is 0 Å². The molecule has 0 bridgehead atoms. The molecule has 1 fully saturated rings. The van der Waals surface area contributed by atoms with E-state index in [2.05, 4.69) is 4.98 Å². The van der Waals surface area contributed by atoms with Crippen LogP contribution in [-0.4, -0.2) is 53.5 Å². The van der Waals surface area contributed by atoms with Gasteiger partial charge >= 0.3 is 144 Å². The van der Waals surface area contributed by atoms with Crippen LogP contribution >= 0.6 is 0 Å². The summed E-state index contributed by atoms with van der Waals surface area (Å²) in [5.41, 5.74) is -0.470. The Morgan fingerprint density at radius 3 is 2.71 bits per heavy atom. The average Bonchev–Trinajstić information content (AvgIpc) is 2.95. The van der Waals surface area contributed by atoms with E-state index in [1.807, 2.05) is 30.3 Å². The molecule has 24 heavy (non-hydrogen) atoms. The predicted octanol–water partition coefficient (Wildman–Crippen LogP) is -1.29. The van der Waals surface area contributed by atoms with Crippen molar-refractivity contribution < 1.29 is 14.9 Å². The average molecular weight is 397 g/mol. The number of aliphatic hydroxyl groups excluding tert-OH is 2. The SMILES string of the molecule is O=c1[nH]c(=O)n([C@H]2CC(O)[C@@H](CO)O2)cc1C[Se]c1ccccc1. The normalized spacial score (nSPS) is 23.5. The first-order valence-corrected chi connectivity index (χ1v) is 9.62. The van der Waals surface area contributed by atoms with Crippen molar-refractivity contribution in [3.05, 3.63) is 62.9 Å². The summed E-state index contributed by atoms with van der Waals surface area (Å²) >= 11 is 0.0696. The number of benzene rings is 1. The van der Waals surface area contributed by atoms with E-state index in [1.54, 1.807) is 0 Å². The van der Waals surface area contributed by atoms with Crippen molar-refractivity contribution in [1.82, 2.24) is 9.55 Å². The molecule has 0 aliphatic carbocycles. The summed E-state index contributed by atoms with van der Waals surface area (Å²) in [5.74, 6) is 0. The third-order valence-electron chi connectivity index (χ3n) is 3.87. The Labute approximate surface area is 144 Å². The van der Waals surface area contributed by atoms with Crippen LogP contribution in [0.3, 0.4) is 0 Å². The molecule has 7 nitrogen and oxygen atoms in total. The van der Waals surface area contributed by atoms with Crippen molar-refractivity contribution in [3.8, 4) is 0 Å². The number of aliphatic hydroxyl groups is 2. The van der Waals surface area contributed by atoms with Crippen molar-refractivity contribution in [2.24, 2.45) is 0 Å². The molecular formula is C16H18N2O5Se. The summed E-state index contributed by atoms with van der Waals surface area (Å²) in [4.78, 5) is 26.4. The molecule has 0 amide bonds. The zero-order valence-electron chi connectivity index (χ0n) is 12.8. The molecule has 1 aliphatic rings. The van der Waals surface area contributed by atoms with Gasteiger partial charge in [0.2, 0.25) is 0 Å². The number of nitrogens with one attached hydrogen (secondary N) is 1. The van der Waals surface area contributed by atoms with Gasteiger partial charge in [0.05, 0.1) is 0 Å². The standard InChI is InChI=1S/C16H18N2O5Se/c19-8-13-12(20)6-14(23-13)18-7-10(15(21)17-16(18)22)9-24-11-4-2-1-3-5-11/h1-5,7,12-14,19-20H,6,8-9H2,(H,17,21,22)/t12?,13-,14-/m1/s1. The topological polar surface area (TPSA) is 105 Å². The zero-order valence-corrected chi connectivity index (χ0v) is 14.5. The number of rotatable bonds is 5. The molecule has 0 saturated carbocycles. The van der Waals surface area contributed by atoms with Crippen molar-refractivity contribution in [3.63, 3.8) is 0 Å². The summed E-state index contributed by atoms with van der Waals surface area (Å²) in [7, 11) is 0. The fourth-order valence-corrected chi connectivity index (χ4v) is 4.41. The molecule has 0 spiro atoms. The Hall–Kier alpha value is -1.70. The van der Waals surface area contributed by atoms with Crippen LogP contribution in [0.4, 0.5) is 0 Å². The van der Waals surface area contributed by atoms with Gasteiger partial charge in [-0.1, -0.05) is 0 Å². The van der Waals surface area contributed by atoms with Crippen LogP contribution < -0.4 is 15.7 Å². The molecular weight excluding hydrogens is 379 g/mol. The Kier molecular flexibility index (Phi) is 5.33. The van der Waals surface area contributed by atoms with Crippen LogP contribution in [0.5, 0.6) is 0 Å². The number of nitrogens with zero attached hydrogens (tertiary/aromatic N) is 1. The Balaban J connectivity index is 1.81. The van der Waals surface area contributed by atoms with Crippen LogP contribution in [0.25, 0.3) is 0 Å². The van der Waals surface area contributed by atoms with Crippen LogP contribution in [0.1, 0.15) is 18.2 Å². The zero-order chi connectivity index (χ0) is 17.1. The number of aromatic nitrogens is 2. The summed E-state index contributed by atoms with van der Waals surface area (Å²) in [6.45, 7) is -0.320. The monoisotopic (exact) mass is 398 g/mol. The Morgan fingerprint density at radius 1 is 1.29 bits per heavy atom. The van der Waals surface area contributed by atoms with Gasteiger partial charge < -0.3 is 0 Å². The van der Waals surface area contributed by atoms with Crippen LogP contribution in [-0.2, 0) is 10.1 Å². The van der Waals surface area contributed by atoms with E-state index < -0.39 is 29.7 Å². The predicted molar refractivity (Wildman–Crippen MR) is 88.5 cm³/mol. The van der Waals surface area contributed by atoms with Gasteiger partial charge in [-0.15, -0.1) is 0 Å². The number of ether oxygens (including phenoxy) is 1. The quantitative estimate of drug-likeness (QED) is 0.545. The first-order valence-electron chi connectivity index (χ1n) is 7.55. The van der Waals surface area contributed by atoms with E-state index >= 15 is 0 Å². The molecule has 0 radical (unpaired) electrons. The van der Waals surface area contributed by atoms with Crippen LogP contribution in [0, 0.1) is 0 Å². The minimum atomic E-state index is -0.837. The van der Waals surface area contributed by atoms with Crippen molar-refractivity contribution in [1.29, 1.82) is 0 Å². The fraction of sp³-hybridized carbons (Fsp3) is 0.375. The molecule has 3 rings (SSSR count). The molecule has 2 heterocycles. The molecule has 3 atom stereocenters. The summed E-state index contributed by atoms with van der Waals surface area (Å²) < 4.78 is 7.94. The van der Waals surface area contributed by atoms with Gasteiger partial charge in [-0.2, -0.15) is 0 Å². The Morgan fingerprint density at radius 2 is 2.04 bits per heavy atom. The summed E-state index contributed by atoms with van der Waals surface area (Å²) in [6.07, 6.45) is -0.546. The van der Waals surface area contributed by atoms with Crippen LogP contribution in [0.15, 0.2) is 46.1 Å². The van der Waals surface area contributed by atoms with Gasteiger partial charge in [-0.25, -0.2) is 0 Å². The number of hydrogen-bond donors (Lipinski definition) is 3. The maximum absolute atomic E-state index is 12.0. The molecule has 1 unspecified atom stereocenters. The molecule has 128 valence electrons. The summed E-state index contributed by atoms with van der Waals surface area (Å²) in [6, 6.07) is 9.85. The van der Waals surface area contributed by atoms with Gasteiger partial charge in [-0.3, -0.25) is 0 Å². The Bertz CT molecular complexity index is 804. The minimum absolute atomic E-state index is 0.0696. The van der Waals surface area contributed by atoms with Gasteiger partial charge in [0, 0.05) is 0 Å². The second-order valence-electron chi connectivity index (χ2n) is 5.54. The van der Waals surface area contributed by atoms with E-state index in [-0.39, 0.29) is 28.0 Å². The third-order valence-corrected chi connectivity index (χ3v) is 6.10. The van der Waals surface area contributed by atoms with E-state index in [9.17, 15) is 14.7 Å². The first-order chi connectivity index (χ1) is 11.6. The third kappa shape index (κ3) is 3.68. The number of hydrogen-bond acceptors (Lipinski definition) is 5. The molecule has 8 heteroatoms. The van der Waals surface area contributed by atoms with Gasteiger partial charge in [0.15, 0.2) is 0 Å². The second kappa shape index (κ2) is 7.46. The number of H-pyrrole nitrogens is 1. The maximum atomic E-state index is 12.0. The van der Waals surface area contributed by atoms with Crippen molar-refractivity contribution in [2.75, 3.05) is 6.61 Å². The molecule has 1 aromatic heterocycles. The molecule has 1 saturated heterocycles. The van der Waals surface area contributed by atoms with E-state index in [0.717, 1.165) is 4.46 Å². The van der Waals surface area contributed by atoms with Crippen LogP contribution in [0.2, 0.25) is 0 Å². The first kappa shape index (κ1) is 17.1.